The van der Waals surface area contributed by atoms with Crippen molar-refractivity contribution in [3.05, 3.63) is 59.4 Å². The third kappa shape index (κ3) is 6.27. The predicted octanol–water partition coefficient (Wildman–Crippen LogP) is 8.72. The third-order valence-electron chi connectivity index (χ3n) is 6.88. The van der Waals surface area contributed by atoms with Crippen LogP contribution in [0.1, 0.15) is 106 Å². The minimum Gasteiger partial charge on any atom is -0.295 e. The zero-order valence-electron chi connectivity index (χ0n) is 18.8. The van der Waals surface area contributed by atoms with Crippen LogP contribution in [0.3, 0.4) is 0 Å². The Bertz CT molecular complexity index is 800. The molecule has 0 atom stereocenters. The Morgan fingerprint density at radius 1 is 0.900 bits per heavy atom. The first-order valence-electron chi connectivity index (χ1n) is 12.0. The van der Waals surface area contributed by atoms with Crippen LogP contribution in [-0.4, -0.2) is 5.78 Å². The molecule has 2 aromatic carbocycles. The number of Topliss-reactive ketones (excluding diaryl/α,β-unsaturated/α-hetero) is 1. The van der Waals surface area contributed by atoms with Crippen LogP contribution in [0.25, 0.3) is 11.1 Å². The molecule has 0 aliphatic heterocycles. The van der Waals surface area contributed by atoms with Gasteiger partial charge in [-0.05, 0) is 61.6 Å². The second-order valence-corrected chi connectivity index (χ2v) is 9.15. The van der Waals surface area contributed by atoms with Gasteiger partial charge in [-0.25, -0.2) is 4.39 Å². The molecule has 0 radical (unpaired) electrons. The second kappa shape index (κ2) is 11.4. The van der Waals surface area contributed by atoms with E-state index in [0.717, 1.165) is 17.0 Å². The van der Waals surface area contributed by atoms with Crippen LogP contribution in [-0.2, 0) is 0 Å². The van der Waals surface area contributed by atoms with Crippen LogP contribution in [0.5, 0.6) is 0 Å². The SMILES string of the molecule is CCCCCCCCC1CCC(c2ccc(-c3ccc(C(C)=O)cc3)c(F)c2)CC1. The monoisotopic (exact) mass is 408 g/mol. The Balaban J connectivity index is 1.50. The number of hydrogen-bond donors (Lipinski definition) is 0. The molecule has 0 N–H and O–H groups in total. The Morgan fingerprint density at radius 2 is 1.57 bits per heavy atom. The van der Waals surface area contributed by atoms with Crippen molar-refractivity contribution in [3.63, 3.8) is 0 Å². The third-order valence-corrected chi connectivity index (χ3v) is 6.88. The lowest BCUT2D eigenvalue weighted by molar-refractivity contribution is 0.101. The molecule has 2 heteroatoms. The maximum absolute atomic E-state index is 14.9. The van der Waals surface area contributed by atoms with E-state index in [-0.39, 0.29) is 11.6 Å². The van der Waals surface area contributed by atoms with Crippen molar-refractivity contribution in [1.82, 2.24) is 0 Å². The molecular formula is C28H37FO. The molecule has 0 bridgehead atoms. The molecule has 0 saturated heterocycles. The van der Waals surface area contributed by atoms with Gasteiger partial charge >= 0.3 is 0 Å². The van der Waals surface area contributed by atoms with E-state index in [1.165, 1.54) is 70.6 Å². The molecule has 0 amide bonds. The summed E-state index contributed by atoms with van der Waals surface area (Å²) >= 11 is 0. The molecule has 0 unspecified atom stereocenters. The van der Waals surface area contributed by atoms with Gasteiger partial charge in [-0.1, -0.05) is 88.3 Å². The van der Waals surface area contributed by atoms with Gasteiger partial charge in [0.05, 0.1) is 0 Å². The summed E-state index contributed by atoms with van der Waals surface area (Å²) in [5.74, 6) is 1.24. The molecule has 30 heavy (non-hydrogen) atoms. The average Bonchev–Trinajstić information content (AvgIpc) is 2.76. The summed E-state index contributed by atoms with van der Waals surface area (Å²) < 4.78 is 14.9. The second-order valence-electron chi connectivity index (χ2n) is 9.15. The smallest absolute Gasteiger partial charge is 0.159 e. The minimum absolute atomic E-state index is 0.0319. The van der Waals surface area contributed by atoms with Gasteiger partial charge < -0.3 is 0 Å². The highest BCUT2D eigenvalue weighted by Gasteiger charge is 2.23. The molecule has 3 rings (SSSR count). The predicted molar refractivity (Wildman–Crippen MR) is 125 cm³/mol. The summed E-state index contributed by atoms with van der Waals surface area (Å²) in [5.41, 5.74) is 3.25. The molecule has 1 aliphatic rings. The number of carbonyl (C=O) groups is 1. The van der Waals surface area contributed by atoms with Crippen molar-refractivity contribution in [3.8, 4) is 11.1 Å². The number of ketones is 1. The molecule has 1 nitrogen and oxygen atoms in total. The lowest BCUT2D eigenvalue weighted by Crippen LogP contribution is -2.13. The van der Waals surface area contributed by atoms with Crippen molar-refractivity contribution in [2.24, 2.45) is 5.92 Å². The highest BCUT2D eigenvalue weighted by molar-refractivity contribution is 5.94. The van der Waals surface area contributed by atoms with Gasteiger partial charge in [0.25, 0.3) is 0 Å². The quantitative estimate of drug-likeness (QED) is 0.284. The van der Waals surface area contributed by atoms with Crippen LogP contribution in [0.4, 0.5) is 4.39 Å². The van der Waals surface area contributed by atoms with E-state index in [0.29, 0.717) is 17.0 Å². The van der Waals surface area contributed by atoms with Crippen molar-refractivity contribution >= 4 is 5.78 Å². The van der Waals surface area contributed by atoms with Crippen LogP contribution in [0, 0.1) is 11.7 Å². The summed E-state index contributed by atoms with van der Waals surface area (Å²) in [7, 11) is 0. The average molecular weight is 409 g/mol. The fourth-order valence-electron chi connectivity index (χ4n) is 4.90. The number of carbonyl (C=O) groups excluding carboxylic acids is 1. The van der Waals surface area contributed by atoms with Crippen LogP contribution >= 0.6 is 0 Å². The molecule has 0 aromatic heterocycles. The van der Waals surface area contributed by atoms with Gasteiger partial charge in [-0.15, -0.1) is 0 Å². The Labute approximate surface area is 182 Å². The minimum atomic E-state index is -0.155. The molecule has 0 heterocycles. The Hall–Kier alpha value is -1.96. The van der Waals surface area contributed by atoms with E-state index in [4.69, 9.17) is 0 Å². The summed E-state index contributed by atoms with van der Waals surface area (Å²) in [5, 5.41) is 0. The Kier molecular flexibility index (Phi) is 8.66. The normalized spacial score (nSPS) is 19.0. The van der Waals surface area contributed by atoms with Crippen LogP contribution < -0.4 is 0 Å². The summed E-state index contributed by atoms with van der Waals surface area (Å²) in [6, 6.07) is 13.0. The van der Waals surface area contributed by atoms with Crippen molar-refractivity contribution in [2.45, 2.75) is 90.4 Å². The molecule has 1 saturated carbocycles. The Morgan fingerprint density at radius 3 is 2.20 bits per heavy atom. The molecule has 1 aliphatic carbocycles. The summed E-state index contributed by atoms with van der Waals surface area (Å²) in [4.78, 5) is 11.4. The molecule has 2 aromatic rings. The molecule has 162 valence electrons. The lowest BCUT2D eigenvalue weighted by Gasteiger charge is -2.29. The highest BCUT2D eigenvalue weighted by atomic mass is 19.1. The van der Waals surface area contributed by atoms with Crippen molar-refractivity contribution < 1.29 is 9.18 Å². The topological polar surface area (TPSA) is 17.1 Å². The zero-order chi connectivity index (χ0) is 21.3. The first kappa shape index (κ1) is 22.7. The number of rotatable bonds is 10. The van der Waals surface area contributed by atoms with Gasteiger partial charge in [0.1, 0.15) is 5.82 Å². The number of hydrogen-bond acceptors (Lipinski definition) is 1. The van der Waals surface area contributed by atoms with Crippen LogP contribution in [0.15, 0.2) is 42.5 Å². The maximum Gasteiger partial charge on any atom is 0.159 e. The highest BCUT2D eigenvalue weighted by Crippen LogP contribution is 2.39. The summed E-state index contributed by atoms with van der Waals surface area (Å²) in [6.45, 7) is 3.82. The molecule has 1 fully saturated rings. The maximum atomic E-state index is 14.9. The van der Waals surface area contributed by atoms with Gasteiger partial charge in [0, 0.05) is 11.1 Å². The number of unbranched alkanes of at least 4 members (excludes halogenated alkanes) is 5. The van der Waals surface area contributed by atoms with Gasteiger partial charge in [-0.3, -0.25) is 4.79 Å². The zero-order valence-corrected chi connectivity index (χ0v) is 18.8. The van der Waals surface area contributed by atoms with E-state index >= 15 is 0 Å². The first-order chi connectivity index (χ1) is 14.6. The van der Waals surface area contributed by atoms with E-state index in [1.807, 2.05) is 18.2 Å². The van der Waals surface area contributed by atoms with E-state index in [9.17, 15) is 9.18 Å². The van der Waals surface area contributed by atoms with E-state index in [1.54, 1.807) is 25.1 Å². The van der Waals surface area contributed by atoms with Gasteiger partial charge in [0.2, 0.25) is 0 Å². The van der Waals surface area contributed by atoms with Crippen molar-refractivity contribution in [2.75, 3.05) is 0 Å². The molecule has 0 spiro atoms. The van der Waals surface area contributed by atoms with Gasteiger partial charge in [-0.2, -0.15) is 0 Å². The lowest BCUT2D eigenvalue weighted by atomic mass is 9.77. The fourth-order valence-corrected chi connectivity index (χ4v) is 4.90. The first-order valence-corrected chi connectivity index (χ1v) is 12.0. The molecular weight excluding hydrogens is 371 g/mol. The van der Waals surface area contributed by atoms with E-state index in [2.05, 4.69) is 13.0 Å². The van der Waals surface area contributed by atoms with E-state index < -0.39 is 0 Å². The number of benzene rings is 2. The summed E-state index contributed by atoms with van der Waals surface area (Å²) in [6.07, 6.45) is 14.6. The standard InChI is InChI=1S/C28H37FO/c1-3-4-5-6-7-8-9-22-10-12-24(13-11-22)26-18-19-27(28(29)20-26)25-16-14-23(15-17-25)21(2)30/h14-20,22,24H,3-13H2,1-2H3. The fraction of sp³-hybridized carbons (Fsp3) is 0.536. The van der Waals surface area contributed by atoms with Crippen LogP contribution in [0.2, 0.25) is 0 Å². The van der Waals surface area contributed by atoms with Crippen molar-refractivity contribution in [1.29, 1.82) is 0 Å². The largest absolute Gasteiger partial charge is 0.295 e. The van der Waals surface area contributed by atoms with Gasteiger partial charge in [0.15, 0.2) is 5.78 Å². The number of halogens is 1.